The fourth-order valence-electron chi connectivity index (χ4n) is 2.36. The van der Waals surface area contributed by atoms with Crippen LogP contribution in [0.15, 0.2) is 48.5 Å². The highest BCUT2D eigenvalue weighted by Crippen LogP contribution is 2.16. The van der Waals surface area contributed by atoms with Gasteiger partial charge in [-0.25, -0.2) is 4.39 Å². The second-order valence-electron chi connectivity index (χ2n) is 5.73. The molecular weight excluding hydrogens is 309 g/mol. The molecule has 4 nitrogen and oxygen atoms in total. The van der Waals surface area contributed by atoms with Crippen LogP contribution in [0.3, 0.4) is 0 Å². The van der Waals surface area contributed by atoms with Crippen LogP contribution in [0, 0.1) is 12.7 Å². The molecule has 1 amide bonds. The first-order valence-electron chi connectivity index (χ1n) is 7.76. The third-order valence-corrected chi connectivity index (χ3v) is 3.84. The predicted molar refractivity (Wildman–Crippen MR) is 89.3 cm³/mol. The van der Waals surface area contributed by atoms with Crippen molar-refractivity contribution in [3.05, 3.63) is 71.0 Å². The van der Waals surface area contributed by atoms with Gasteiger partial charge < -0.3 is 10.4 Å². The standard InChI is InChI=1S/C19H20FNO3/c1-13-2-4-14(5-3-13)6-11-18(22)21-12-17(19(23)24)15-7-9-16(20)10-8-15/h2-5,7-10,17H,6,11-12H2,1H3,(H,21,22)(H,23,24). The monoisotopic (exact) mass is 329 g/mol. The molecule has 2 N–H and O–H groups in total. The van der Waals surface area contributed by atoms with Gasteiger partial charge in [-0.15, -0.1) is 0 Å². The fourth-order valence-corrected chi connectivity index (χ4v) is 2.36. The van der Waals surface area contributed by atoms with Crippen molar-refractivity contribution < 1.29 is 19.1 Å². The SMILES string of the molecule is Cc1ccc(CCC(=O)NCC(C(=O)O)c2ccc(F)cc2)cc1. The maximum atomic E-state index is 12.9. The lowest BCUT2D eigenvalue weighted by Gasteiger charge is -2.14. The summed E-state index contributed by atoms with van der Waals surface area (Å²) in [4.78, 5) is 23.3. The summed E-state index contributed by atoms with van der Waals surface area (Å²) in [5.41, 5.74) is 2.68. The van der Waals surface area contributed by atoms with Crippen LogP contribution in [0.2, 0.25) is 0 Å². The van der Waals surface area contributed by atoms with Crippen molar-refractivity contribution in [1.29, 1.82) is 0 Å². The molecule has 2 aromatic rings. The molecule has 24 heavy (non-hydrogen) atoms. The molecule has 0 saturated carbocycles. The molecule has 0 spiro atoms. The van der Waals surface area contributed by atoms with Crippen molar-refractivity contribution in [3.8, 4) is 0 Å². The number of carbonyl (C=O) groups excluding carboxylic acids is 1. The zero-order valence-electron chi connectivity index (χ0n) is 13.5. The lowest BCUT2D eigenvalue weighted by Crippen LogP contribution is -2.31. The van der Waals surface area contributed by atoms with Crippen molar-refractivity contribution in [1.82, 2.24) is 5.32 Å². The number of carboxylic acid groups (broad SMARTS) is 1. The normalized spacial score (nSPS) is 11.8. The lowest BCUT2D eigenvalue weighted by atomic mass is 9.99. The molecule has 0 radical (unpaired) electrons. The molecule has 0 aliphatic carbocycles. The number of hydrogen-bond acceptors (Lipinski definition) is 2. The number of aryl methyl sites for hydroxylation is 2. The van der Waals surface area contributed by atoms with Gasteiger partial charge in [0.25, 0.3) is 0 Å². The Morgan fingerprint density at radius 2 is 1.71 bits per heavy atom. The molecule has 5 heteroatoms. The second-order valence-corrected chi connectivity index (χ2v) is 5.73. The van der Waals surface area contributed by atoms with E-state index in [2.05, 4.69) is 5.32 Å². The number of halogens is 1. The van der Waals surface area contributed by atoms with Gasteiger partial charge >= 0.3 is 5.97 Å². The van der Waals surface area contributed by atoms with Crippen LogP contribution in [0.1, 0.15) is 29.0 Å². The van der Waals surface area contributed by atoms with Crippen molar-refractivity contribution >= 4 is 11.9 Å². The van der Waals surface area contributed by atoms with Gasteiger partial charge in [-0.1, -0.05) is 42.0 Å². The van der Waals surface area contributed by atoms with Crippen LogP contribution in [0.5, 0.6) is 0 Å². The average molecular weight is 329 g/mol. The molecule has 0 aliphatic rings. The van der Waals surface area contributed by atoms with E-state index >= 15 is 0 Å². The number of amides is 1. The van der Waals surface area contributed by atoms with Crippen LogP contribution in [-0.4, -0.2) is 23.5 Å². The van der Waals surface area contributed by atoms with Crippen LogP contribution >= 0.6 is 0 Å². The number of carbonyl (C=O) groups is 2. The van der Waals surface area contributed by atoms with E-state index < -0.39 is 17.7 Å². The molecule has 0 bridgehead atoms. The zero-order chi connectivity index (χ0) is 17.5. The van der Waals surface area contributed by atoms with Crippen LogP contribution in [0.25, 0.3) is 0 Å². The van der Waals surface area contributed by atoms with Gasteiger partial charge in [-0.05, 0) is 36.6 Å². The molecule has 126 valence electrons. The van der Waals surface area contributed by atoms with Crippen LogP contribution in [-0.2, 0) is 16.0 Å². The summed E-state index contributed by atoms with van der Waals surface area (Å²) in [6.45, 7) is 1.98. The summed E-state index contributed by atoms with van der Waals surface area (Å²) in [6, 6.07) is 13.2. The Balaban J connectivity index is 1.87. The van der Waals surface area contributed by atoms with E-state index in [1.165, 1.54) is 24.3 Å². The van der Waals surface area contributed by atoms with Crippen molar-refractivity contribution in [2.45, 2.75) is 25.7 Å². The summed E-state index contributed by atoms with van der Waals surface area (Å²) < 4.78 is 12.9. The molecule has 0 fully saturated rings. The first-order chi connectivity index (χ1) is 11.5. The van der Waals surface area contributed by atoms with Crippen molar-refractivity contribution in [3.63, 3.8) is 0 Å². The molecule has 0 aliphatic heterocycles. The van der Waals surface area contributed by atoms with Gasteiger partial charge in [0, 0.05) is 13.0 Å². The van der Waals surface area contributed by atoms with E-state index in [-0.39, 0.29) is 12.5 Å². The number of nitrogens with one attached hydrogen (secondary N) is 1. The minimum Gasteiger partial charge on any atom is -0.481 e. The molecule has 2 aromatic carbocycles. The maximum absolute atomic E-state index is 12.9. The Morgan fingerprint density at radius 1 is 1.08 bits per heavy atom. The Bertz CT molecular complexity index is 696. The van der Waals surface area contributed by atoms with E-state index in [1.54, 1.807) is 0 Å². The molecule has 0 saturated heterocycles. The van der Waals surface area contributed by atoms with E-state index in [4.69, 9.17) is 0 Å². The third kappa shape index (κ3) is 5.19. The predicted octanol–water partition coefficient (Wildman–Crippen LogP) is 3.05. The average Bonchev–Trinajstić information content (AvgIpc) is 2.56. The highest BCUT2D eigenvalue weighted by atomic mass is 19.1. The summed E-state index contributed by atoms with van der Waals surface area (Å²) in [7, 11) is 0. The molecule has 0 aromatic heterocycles. The Morgan fingerprint density at radius 3 is 2.29 bits per heavy atom. The first-order valence-corrected chi connectivity index (χ1v) is 7.76. The lowest BCUT2D eigenvalue weighted by molar-refractivity contribution is -0.138. The number of carboxylic acids is 1. The number of rotatable bonds is 7. The zero-order valence-corrected chi connectivity index (χ0v) is 13.5. The minimum absolute atomic E-state index is 0.0201. The van der Waals surface area contributed by atoms with Gasteiger partial charge in [0.2, 0.25) is 5.91 Å². The van der Waals surface area contributed by atoms with Gasteiger partial charge in [-0.3, -0.25) is 9.59 Å². The number of aliphatic carboxylic acids is 1. The van der Waals surface area contributed by atoms with E-state index in [9.17, 15) is 19.1 Å². The molecule has 1 atom stereocenters. The molecule has 2 rings (SSSR count). The quantitative estimate of drug-likeness (QED) is 0.820. The summed E-state index contributed by atoms with van der Waals surface area (Å²) in [5, 5.41) is 11.9. The van der Waals surface area contributed by atoms with Gasteiger partial charge in [0.1, 0.15) is 5.82 Å². The van der Waals surface area contributed by atoms with Crippen molar-refractivity contribution in [2.75, 3.05) is 6.54 Å². The molecular formula is C19H20FNO3. The summed E-state index contributed by atoms with van der Waals surface area (Å²) in [5.74, 6) is -2.58. The van der Waals surface area contributed by atoms with Gasteiger partial charge in [0.15, 0.2) is 0 Å². The molecule has 0 heterocycles. The highest BCUT2D eigenvalue weighted by Gasteiger charge is 2.20. The Kier molecular flexibility index (Phi) is 6.07. The summed E-state index contributed by atoms with van der Waals surface area (Å²) >= 11 is 0. The second kappa shape index (κ2) is 8.24. The molecule has 1 unspecified atom stereocenters. The van der Waals surface area contributed by atoms with E-state index in [0.29, 0.717) is 18.4 Å². The first kappa shape index (κ1) is 17.7. The van der Waals surface area contributed by atoms with Gasteiger partial charge in [0.05, 0.1) is 5.92 Å². The minimum atomic E-state index is -1.06. The van der Waals surface area contributed by atoms with E-state index in [1.807, 2.05) is 31.2 Å². The number of benzene rings is 2. The maximum Gasteiger partial charge on any atom is 0.312 e. The smallest absolute Gasteiger partial charge is 0.312 e. The largest absolute Gasteiger partial charge is 0.481 e. The van der Waals surface area contributed by atoms with E-state index in [0.717, 1.165) is 11.1 Å². The Labute approximate surface area is 140 Å². The van der Waals surface area contributed by atoms with Gasteiger partial charge in [-0.2, -0.15) is 0 Å². The number of hydrogen-bond donors (Lipinski definition) is 2. The summed E-state index contributed by atoms with van der Waals surface area (Å²) in [6.07, 6.45) is 0.888. The van der Waals surface area contributed by atoms with Crippen LogP contribution in [0.4, 0.5) is 4.39 Å². The van der Waals surface area contributed by atoms with Crippen LogP contribution < -0.4 is 5.32 Å². The van der Waals surface area contributed by atoms with Crippen molar-refractivity contribution in [2.24, 2.45) is 0 Å². The fraction of sp³-hybridized carbons (Fsp3) is 0.263. The topological polar surface area (TPSA) is 66.4 Å². The Hall–Kier alpha value is -2.69. The highest BCUT2D eigenvalue weighted by molar-refractivity contribution is 5.80. The third-order valence-electron chi connectivity index (χ3n) is 3.84.